The van der Waals surface area contributed by atoms with Gasteiger partial charge in [0.2, 0.25) is 0 Å². The van der Waals surface area contributed by atoms with Gasteiger partial charge in [-0.15, -0.1) is 0 Å². The molecule has 0 spiro atoms. The Labute approximate surface area is 103 Å². The van der Waals surface area contributed by atoms with E-state index in [9.17, 15) is 4.79 Å². The molecule has 1 rings (SSSR count). The smallest absolute Gasteiger partial charge is 0.320 e. The van der Waals surface area contributed by atoms with Crippen LogP contribution in [0, 0.1) is 0 Å². The van der Waals surface area contributed by atoms with Crippen LogP contribution in [-0.4, -0.2) is 72.9 Å². The van der Waals surface area contributed by atoms with Gasteiger partial charge in [-0.1, -0.05) is 0 Å². The topological polar surface area (TPSA) is 53.0 Å². The monoisotopic (exact) mass is 244 g/mol. The molecule has 0 aromatic carbocycles. The number of aliphatic carboxylic acids is 1. The van der Waals surface area contributed by atoms with Crippen molar-refractivity contribution < 1.29 is 14.6 Å². The third-order valence-electron chi connectivity index (χ3n) is 3.62. The molecule has 0 bridgehead atoms. The van der Waals surface area contributed by atoms with Crippen LogP contribution in [0.1, 0.15) is 20.3 Å². The van der Waals surface area contributed by atoms with E-state index >= 15 is 0 Å². The van der Waals surface area contributed by atoms with Crippen LogP contribution in [0.4, 0.5) is 0 Å². The maximum atomic E-state index is 10.9. The maximum Gasteiger partial charge on any atom is 0.320 e. The second-order valence-electron chi connectivity index (χ2n) is 4.72. The summed E-state index contributed by atoms with van der Waals surface area (Å²) in [6, 6.07) is 0.142. The van der Waals surface area contributed by atoms with E-state index in [0.717, 1.165) is 39.2 Å². The van der Waals surface area contributed by atoms with E-state index in [2.05, 4.69) is 11.8 Å². The quantitative estimate of drug-likeness (QED) is 0.737. The number of carboxylic acids is 1. The van der Waals surface area contributed by atoms with Gasteiger partial charge in [0.15, 0.2) is 0 Å². The van der Waals surface area contributed by atoms with Gasteiger partial charge < -0.3 is 9.84 Å². The number of carbonyl (C=O) groups is 1. The van der Waals surface area contributed by atoms with Crippen LogP contribution in [0.3, 0.4) is 0 Å². The zero-order valence-corrected chi connectivity index (χ0v) is 11.1. The standard InChI is InChI=1S/C12H24N2O3/c1-10(4-9-17-3)13-5-7-14(8-6-13)11(2)12(15)16/h10-11H,4-9H2,1-3H3,(H,15,16). The molecule has 0 aliphatic carbocycles. The third-order valence-corrected chi connectivity index (χ3v) is 3.62. The Bertz CT molecular complexity index is 240. The summed E-state index contributed by atoms with van der Waals surface area (Å²) in [5, 5.41) is 8.95. The Morgan fingerprint density at radius 3 is 2.24 bits per heavy atom. The second-order valence-corrected chi connectivity index (χ2v) is 4.72. The number of ether oxygens (including phenoxy) is 1. The van der Waals surface area contributed by atoms with Gasteiger partial charge in [0.05, 0.1) is 0 Å². The minimum absolute atomic E-state index is 0.369. The molecule has 2 atom stereocenters. The summed E-state index contributed by atoms with van der Waals surface area (Å²) in [4.78, 5) is 15.3. The van der Waals surface area contributed by atoms with Crippen molar-refractivity contribution in [3.05, 3.63) is 0 Å². The van der Waals surface area contributed by atoms with Crippen LogP contribution in [0.25, 0.3) is 0 Å². The van der Waals surface area contributed by atoms with Crippen molar-refractivity contribution in [3.8, 4) is 0 Å². The van der Waals surface area contributed by atoms with E-state index in [-0.39, 0.29) is 6.04 Å². The summed E-state index contributed by atoms with van der Waals surface area (Å²) in [6.07, 6.45) is 1.03. The van der Waals surface area contributed by atoms with Gasteiger partial charge >= 0.3 is 5.97 Å². The molecule has 0 radical (unpaired) electrons. The van der Waals surface area contributed by atoms with E-state index in [0.29, 0.717) is 6.04 Å². The molecular weight excluding hydrogens is 220 g/mol. The van der Waals surface area contributed by atoms with Crippen molar-refractivity contribution in [2.45, 2.75) is 32.4 Å². The van der Waals surface area contributed by atoms with Crippen LogP contribution < -0.4 is 0 Å². The minimum atomic E-state index is -0.731. The SMILES string of the molecule is COCCC(C)N1CCN(C(C)C(=O)O)CC1. The van der Waals surface area contributed by atoms with Crippen LogP contribution in [0.15, 0.2) is 0 Å². The maximum absolute atomic E-state index is 10.9. The molecule has 100 valence electrons. The highest BCUT2D eigenvalue weighted by Gasteiger charge is 2.26. The van der Waals surface area contributed by atoms with Gasteiger partial charge in [0.25, 0.3) is 0 Å². The number of nitrogens with zero attached hydrogens (tertiary/aromatic N) is 2. The Hall–Kier alpha value is -0.650. The molecular formula is C12H24N2O3. The number of piperazine rings is 1. The number of hydrogen-bond acceptors (Lipinski definition) is 4. The van der Waals surface area contributed by atoms with Crippen molar-refractivity contribution >= 4 is 5.97 Å². The lowest BCUT2D eigenvalue weighted by Crippen LogP contribution is -2.53. The first-order valence-corrected chi connectivity index (χ1v) is 6.26. The Morgan fingerprint density at radius 2 is 1.76 bits per heavy atom. The first-order chi connectivity index (χ1) is 8.06. The van der Waals surface area contributed by atoms with E-state index in [1.807, 2.05) is 4.90 Å². The Morgan fingerprint density at radius 1 is 1.24 bits per heavy atom. The highest BCUT2D eigenvalue weighted by Crippen LogP contribution is 2.11. The number of hydrogen-bond donors (Lipinski definition) is 1. The Kier molecular flexibility index (Phi) is 5.88. The van der Waals surface area contributed by atoms with Crippen LogP contribution >= 0.6 is 0 Å². The first-order valence-electron chi connectivity index (χ1n) is 6.26. The lowest BCUT2D eigenvalue weighted by molar-refractivity contribution is -0.143. The molecule has 0 amide bonds. The molecule has 17 heavy (non-hydrogen) atoms. The van der Waals surface area contributed by atoms with Crippen LogP contribution in [-0.2, 0) is 9.53 Å². The summed E-state index contributed by atoms with van der Waals surface area (Å²) in [5.41, 5.74) is 0. The van der Waals surface area contributed by atoms with Gasteiger partial charge in [-0.25, -0.2) is 0 Å². The van der Waals surface area contributed by atoms with E-state index < -0.39 is 5.97 Å². The molecule has 2 unspecified atom stereocenters. The van der Waals surface area contributed by atoms with Crippen molar-refractivity contribution in [1.29, 1.82) is 0 Å². The number of carboxylic acid groups (broad SMARTS) is 1. The fraction of sp³-hybridized carbons (Fsp3) is 0.917. The van der Waals surface area contributed by atoms with Crippen molar-refractivity contribution in [2.24, 2.45) is 0 Å². The minimum Gasteiger partial charge on any atom is -0.480 e. The van der Waals surface area contributed by atoms with E-state index in [1.165, 1.54) is 0 Å². The fourth-order valence-corrected chi connectivity index (χ4v) is 2.19. The summed E-state index contributed by atoms with van der Waals surface area (Å²) in [5.74, 6) is -0.731. The highest BCUT2D eigenvalue weighted by atomic mass is 16.5. The normalized spacial score (nSPS) is 22.3. The summed E-state index contributed by atoms with van der Waals surface area (Å²) in [7, 11) is 1.72. The van der Waals surface area contributed by atoms with Crippen molar-refractivity contribution in [3.63, 3.8) is 0 Å². The summed E-state index contributed by atoms with van der Waals surface area (Å²) < 4.78 is 5.08. The van der Waals surface area contributed by atoms with Crippen LogP contribution in [0.5, 0.6) is 0 Å². The molecule has 5 nitrogen and oxygen atoms in total. The molecule has 0 aromatic rings. The zero-order valence-electron chi connectivity index (χ0n) is 11.1. The molecule has 1 heterocycles. The Balaban J connectivity index is 2.32. The predicted octanol–water partition coefficient (Wildman–Crippen LogP) is 0.502. The van der Waals surface area contributed by atoms with Crippen LogP contribution in [0.2, 0.25) is 0 Å². The van der Waals surface area contributed by atoms with E-state index in [1.54, 1.807) is 14.0 Å². The fourth-order valence-electron chi connectivity index (χ4n) is 2.19. The van der Waals surface area contributed by atoms with E-state index in [4.69, 9.17) is 9.84 Å². The van der Waals surface area contributed by atoms with Crippen molar-refractivity contribution in [2.75, 3.05) is 39.9 Å². The molecule has 0 saturated carbocycles. The average Bonchev–Trinajstić information content (AvgIpc) is 2.35. The third kappa shape index (κ3) is 4.26. The molecule has 1 N–H and O–H groups in total. The summed E-state index contributed by atoms with van der Waals surface area (Å²) >= 11 is 0. The molecule has 1 saturated heterocycles. The number of methoxy groups -OCH3 is 1. The predicted molar refractivity (Wildman–Crippen MR) is 66.2 cm³/mol. The molecule has 1 aliphatic heterocycles. The van der Waals surface area contributed by atoms with Gasteiger partial charge in [0.1, 0.15) is 6.04 Å². The molecule has 1 aliphatic rings. The van der Waals surface area contributed by atoms with Gasteiger partial charge in [-0.05, 0) is 20.3 Å². The second kappa shape index (κ2) is 6.93. The van der Waals surface area contributed by atoms with Gasteiger partial charge in [0, 0.05) is 45.9 Å². The molecule has 5 heteroatoms. The van der Waals surface area contributed by atoms with Gasteiger partial charge in [-0.2, -0.15) is 0 Å². The molecule has 0 aromatic heterocycles. The first kappa shape index (κ1) is 14.4. The van der Waals surface area contributed by atoms with Gasteiger partial charge in [-0.3, -0.25) is 14.6 Å². The largest absolute Gasteiger partial charge is 0.480 e. The molecule has 1 fully saturated rings. The average molecular weight is 244 g/mol. The lowest BCUT2D eigenvalue weighted by Gasteiger charge is -2.39. The zero-order chi connectivity index (χ0) is 12.8. The number of rotatable bonds is 6. The van der Waals surface area contributed by atoms with Crippen molar-refractivity contribution in [1.82, 2.24) is 9.80 Å². The summed E-state index contributed by atoms with van der Waals surface area (Å²) in [6.45, 7) is 8.31. The lowest BCUT2D eigenvalue weighted by atomic mass is 10.1. The highest BCUT2D eigenvalue weighted by molar-refractivity contribution is 5.72.